The summed E-state index contributed by atoms with van der Waals surface area (Å²) < 4.78 is 26.3. The smallest absolute Gasteiger partial charge is 0.126 e. The van der Waals surface area contributed by atoms with Gasteiger partial charge in [0.1, 0.15) is 11.6 Å². The van der Waals surface area contributed by atoms with Crippen molar-refractivity contribution >= 4 is 0 Å². The first-order valence-electron chi connectivity index (χ1n) is 6.61. The zero-order valence-corrected chi connectivity index (χ0v) is 10.3. The van der Waals surface area contributed by atoms with Crippen molar-refractivity contribution in [3.63, 3.8) is 0 Å². The van der Waals surface area contributed by atoms with Crippen molar-refractivity contribution in [3.8, 4) is 0 Å². The lowest BCUT2D eigenvalue weighted by molar-refractivity contribution is 0.311. The minimum atomic E-state index is -0.486. The number of piperidine rings is 1. The summed E-state index contributed by atoms with van der Waals surface area (Å²) in [6.07, 6.45) is 2.51. The predicted molar refractivity (Wildman–Crippen MR) is 66.1 cm³/mol. The van der Waals surface area contributed by atoms with E-state index in [1.165, 1.54) is 25.0 Å². The fourth-order valence-corrected chi connectivity index (χ4v) is 3.23. The summed E-state index contributed by atoms with van der Waals surface area (Å²) in [6.45, 7) is 3.77. The van der Waals surface area contributed by atoms with Crippen LogP contribution in [0.1, 0.15) is 18.4 Å². The summed E-state index contributed by atoms with van der Waals surface area (Å²) in [4.78, 5) is 2.29. The highest BCUT2D eigenvalue weighted by molar-refractivity contribution is 5.18. The van der Waals surface area contributed by atoms with Crippen LogP contribution in [0, 0.1) is 17.6 Å². The van der Waals surface area contributed by atoms with Crippen LogP contribution in [-0.4, -0.2) is 30.6 Å². The predicted octanol–water partition coefficient (Wildman–Crippen LogP) is 2.15. The molecule has 3 rings (SSSR count). The highest BCUT2D eigenvalue weighted by Crippen LogP contribution is 2.26. The van der Waals surface area contributed by atoms with Crippen molar-refractivity contribution in [2.45, 2.75) is 25.4 Å². The Balaban J connectivity index is 1.66. The maximum absolute atomic E-state index is 13.1. The number of nitrogens with zero attached hydrogens (tertiary/aromatic N) is 1. The molecule has 1 aromatic carbocycles. The van der Waals surface area contributed by atoms with Gasteiger partial charge in [0.2, 0.25) is 0 Å². The van der Waals surface area contributed by atoms with Crippen LogP contribution in [0.3, 0.4) is 0 Å². The molecule has 0 aromatic heterocycles. The molecule has 1 N–H and O–H groups in total. The minimum absolute atomic E-state index is 0.486. The Labute approximate surface area is 106 Å². The largest absolute Gasteiger partial charge is 0.312 e. The summed E-state index contributed by atoms with van der Waals surface area (Å²) in [6, 6.07) is 4.35. The molecule has 2 saturated heterocycles. The molecule has 2 fully saturated rings. The van der Waals surface area contributed by atoms with Crippen LogP contribution in [0.25, 0.3) is 0 Å². The standard InChI is InChI=1S/C14H18F2N2/c15-12-4-10(5-13(16)6-12)7-18-8-11-2-1-3-17-14(11)9-18/h4-6,11,14,17H,1-3,7-9H2/t11-,14+/m0/s1. The Morgan fingerprint density at radius 2 is 1.94 bits per heavy atom. The molecule has 2 aliphatic heterocycles. The van der Waals surface area contributed by atoms with Crippen LogP contribution in [0.5, 0.6) is 0 Å². The number of likely N-dealkylation sites (tertiary alicyclic amines) is 1. The molecule has 2 atom stereocenters. The second kappa shape index (κ2) is 4.94. The van der Waals surface area contributed by atoms with E-state index in [0.717, 1.165) is 31.3 Å². The van der Waals surface area contributed by atoms with E-state index >= 15 is 0 Å². The van der Waals surface area contributed by atoms with Gasteiger partial charge < -0.3 is 5.32 Å². The Kier molecular flexibility index (Phi) is 3.31. The van der Waals surface area contributed by atoms with Gasteiger partial charge in [0, 0.05) is 31.7 Å². The molecule has 2 nitrogen and oxygen atoms in total. The van der Waals surface area contributed by atoms with E-state index in [0.29, 0.717) is 18.5 Å². The van der Waals surface area contributed by atoms with Crippen LogP contribution in [0.2, 0.25) is 0 Å². The molecule has 0 unspecified atom stereocenters. The zero-order chi connectivity index (χ0) is 12.5. The normalized spacial score (nSPS) is 28.3. The number of hydrogen-bond donors (Lipinski definition) is 1. The van der Waals surface area contributed by atoms with E-state index in [-0.39, 0.29) is 0 Å². The summed E-state index contributed by atoms with van der Waals surface area (Å²) in [7, 11) is 0. The van der Waals surface area contributed by atoms with E-state index in [2.05, 4.69) is 10.2 Å². The van der Waals surface area contributed by atoms with Gasteiger partial charge in [-0.3, -0.25) is 4.90 Å². The number of nitrogens with one attached hydrogen (secondary N) is 1. The Morgan fingerprint density at radius 3 is 2.67 bits per heavy atom. The van der Waals surface area contributed by atoms with E-state index in [1.54, 1.807) is 0 Å². The molecular weight excluding hydrogens is 234 g/mol. The number of halogens is 2. The van der Waals surface area contributed by atoms with E-state index in [9.17, 15) is 8.78 Å². The molecule has 0 aliphatic carbocycles. The van der Waals surface area contributed by atoms with Gasteiger partial charge in [-0.15, -0.1) is 0 Å². The molecule has 2 heterocycles. The Bertz CT molecular complexity index is 402. The minimum Gasteiger partial charge on any atom is -0.312 e. The molecule has 0 amide bonds. The highest BCUT2D eigenvalue weighted by Gasteiger charge is 2.33. The van der Waals surface area contributed by atoms with Crippen LogP contribution in [0.15, 0.2) is 18.2 Å². The average Bonchev–Trinajstić information content (AvgIpc) is 2.69. The van der Waals surface area contributed by atoms with Crippen molar-refractivity contribution in [1.29, 1.82) is 0 Å². The second-order valence-electron chi connectivity index (χ2n) is 5.43. The molecule has 98 valence electrons. The first-order chi connectivity index (χ1) is 8.70. The summed E-state index contributed by atoms with van der Waals surface area (Å²) in [5.41, 5.74) is 0.728. The van der Waals surface area contributed by atoms with Gasteiger partial charge in [0.05, 0.1) is 0 Å². The van der Waals surface area contributed by atoms with Crippen molar-refractivity contribution in [3.05, 3.63) is 35.4 Å². The van der Waals surface area contributed by atoms with Gasteiger partial charge in [-0.05, 0) is 43.0 Å². The highest BCUT2D eigenvalue weighted by atomic mass is 19.1. The van der Waals surface area contributed by atoms with Crippen LogP contribution in [-0.2, 0) is 6.54 Å². The first-order valence-corrected chi connectivity index (χ1v) is 6.61. The Hall–Kier alpha value is -1.00. The van der Waals surface area contributed by atoms with Crippen molar-refractivity contribution in [1.82, 2.24) is 10.2 Å². The lowest BCUT2D eigenvalue weighted by Crippen LogP contribution is -2.40. The van der Waals surface area contributed by atoms with Gasteiger partial charge >= 0.3 is 0 Å². The van der Waals surface area contributed by atoms with Crippen LogP contribution < -0.4 is 5.32 Å². The Morgan fingerprint density at radius 1 is 1.17 bits per heavy atom. The van der Waals surface area contributed by atoms with Crippen molar-refractivity contribution in [2.24, 2.45) is 5.92 Å². The van der Waals surface area contributed by atoms with E-state index in [1.807, 2.05) is 0 Å². The fraction of sp³-hybridized carbons (Fsp3) is 0.571. The molecule has 1 aromatic rings. The van der Waals surface area contributed by atoms with E-state index in [4.69, 9.17) is 0 Å². The fourth-order valence-electron chi connectivity index (χ4n) is 3.23. The summed E-state index contributed by atoms with van der Waals surface area (Å²) >= 11 is 0. The molecule has 2 aliphatic rings. The van der Waals surface area contributed by atoms with Crippen molar-refractivity contribution < 1.29 is 8.78 Å². The monoisotopic (exact) mass is 252 g/mol. The lowest BCUT2D eigenvalue weighted by atomic mass is 9.94. The molecule has 18 heavy (non-hydrogen) atoms. The third-order valence-electron chi connectivity index (χ3n) is 4.00. The van der Waals surface area contributed by atoms with Gasteiger partial charge in [-0.25, -0.2) is 8.78 Å². The maximum atomic E-state index is 13.1. The van der Waals surface area contributed by atoms with Crippen molar-refractivity contribution in [2.75, 3.05) is 19.6 Å². The number of benzene rings is 1. The van der Waals surface area contributed by atoms with Crippen LogP contribution in [0.4, 0.5) is 8.78 Å². The third kappa shape index (κ3) is 2.54. The van der Waals surface area contributed by atoms with Gasteiger partial charge in [-0.1, -0.05) is 0 Å². The second-order valence-corrected chi connectivity index (χ2v) is 5.43. The SMILES string of the molecule is Fc1cc(F)cc(CN2C[C@@H]3CCCN[C@@H]3C2)c1. The quantitative estimate of drug-likeness (QED) is 0.867. The number of rotatable bonds is 2. The molecule has 0 radical (unpaired) electrons. The lowest BCUT2D eigenvalue weighted by Gasteiger charge is -2.24. The third-order valence-corrected chi connectivity index (χ3v) is 4.00. The van der Waals surface area contributed by atoms with Gasteiger partial charge in [-0.2, -0.15) is 0 Å². The molecule has 0 spiro atoms. The van der Waals surface area contributed by atoms with Crippen LogP contribution >= 0.6 is 0 Å². The van der Waals surface area contributed by atoms with E-state index < -0.39 is 11.6 Å². The molecule has 0 bridgehead atoms. The molecular formula is C14H18F2N2. The molecule has 4 heteroatoms. The first kappa shape index (κ1) is 12.1. The topological polar surface area (TPSA) is 15.3 Å². The average molecular weight is 252 g/mol. The number of fused-ring (bicyclic) bond motifs is 1. The summed E-state index contributed by atoms with van der Waals surface area (Å²) in [5.74, 6) is -0.267. The molecule has 0 saturated carbocycles. The van der Waals surface area contributed by atoms with Gasteiger partial charge in [0.25, 0.3) is 0 Å². The number of hydrogen-bond acceptors (Lipinski definition) is 2. The summed E-state index contributed by atoms with van der Waals surface area (Å²) in [5, 5.41) is 3.53. The van der Waals surface area contributed by atoms with Gasteiger partial charge in [0.15, 0.2) is 0 Å². The maximum Gasteiger partial charge on any atom is 0.126 e. The zero-order valence-electron chi connectivity index (χ0n) is 10.3.